The topological polar surface area (TPSA) is 26.3 Å². The molecule has 0 aromatic heterocycles. The Hall–Kier alpha value is -0.180. The Balaban J connectivity index is 1.97. The minimum Gasteiger partial charge on any atom is -0.469 e. The Morgan fingerprint density at radius 2 is 2.50 bits per heavy atom. The second-order valence-corrected chi connectivity index (χ2v) is 4.51. The lowest BCUT2D eigenvalue weighted by molar-refractivity contribution is -0.140. The van der Waals surface area contributed by atoms with Crippen molar-refractivity contribution in [1.29, 1.82) is 0 Å². The zero-order chi connectivity index (χ0) is 8.81. The van der Waals surface area contributed by atoms with Crippen LogP contribution in [0.3, 0.4) is 0 Å². The molecule has 1 heterocycles. The van der Waals surface area contributed by atoms with Crippen LogP contribution in [0.2, 0.25) is 0 Å². The quantitative estimate of drug-likeness (QED) is 0.633. The highest BCUT2D eigenvalue weighted by Crippen LogP contribution is 2.29. The third-order valence-electron chi connectivity index (χ3n) is 2.16. The monoisotopic (exact) mass is 188 g/mol. The summed E-state index contributed by atoms with van der Waals surface area (Å²) in [4.78, 5) is 10.8. The average Bonchev–Trinajstić information content (AvgIpc) is 2.57. The molecule has 0 N–H and O–H groups in total. The first-order valence-electron chi connectivity index (χ1n) is 4.51. The highest BCUT2D eigenvalue weighted by atomic mass is 32.2. The summed E-state index contributed by atoms with van der Waals surface area (Å²) in [5, 5.41) is 0.814. The largest absolute Gasteiger partial charge is 0.469 e. The van der Waals surface area contributed by atoms with Gasteiger partial charge in [-0.3, -0.25) is 4.79 Å². The molecule has 0 radical (unpaired) electrons. The predicted molar refractivity (Wildman–Crippen MR) is 51.3 cm³/mol. The van der Waals surface area contributed by atoms with E-state index in [4.69, 9.17) is 0 Å². The molecule has 0 saturated carbocycles. The minimum absolute atomic E-state index is 0.0713. The molecule has 0 spiro atoms. The maximum atomic E-state index is 10.8. The normalized spacial score (nSPS) is 22.6. The highest BCUT2D eigenvalue weighted by molar-refractivity contribution is 8.00. The summed E-state index contributed by atoms with van der Waals surface area (Å²) in [7, 11) is 1.45. The van der Waals surface area contributed by atoms with Crippen LogP contribution in [-0.4, -0.2) is 24.1 Å². The molecule has 0 bridgehead atoms. The number of esters is 1. The fourth-order valence-corrected chi connectivity index (χ4v) is 2.78. The first-order valence-corrected chi connectivity index (χ1v) is 5.56. The van der Waals surface area contributed by atoms with Gasteiger partial charge < -0.3 is 4.74 Å². The molecule has 70 valence electrons. The molecular weight excluding hydrogens is 172 g/mol. The molecule has 0 amide bonds. The molecule has 1 rings (SSSR count). The second kappa shape index (κ2) is 5.46. The van der Waals surface area contributed by atoms with Gasteiger partial charge in [0.25, 0.3) is 0 Å². The molecule has 1 aliphatic rings. The van der Waals surface area contributed by atoms with Crippen molar-refractivity contribution in [3.05, 3.63) is 0 Å². The smallest absolute Gasteiger partial charge is 0.305 e. The van der Waals surface area contributed by atoms with E-state index < -0.39 is 0 Å². The summed E-state index contributed by atoms with van der Waals surface area (Å²) in [5.74, 6) is 1.24. The predicted octanol–water partition coefficient (Wildman–Crippen LogP) is 2.23. The number of ether oxygens (including phenoxy) is 1. The SMILES string of the molecule is COC(=O)CCC[C@@H]1CCCS1. The van der Waals surface area contributed by atoms with Crippen molar-refractivity contribution in [1.82, 2.24) is 0 Å². The first-order chi connectivity index (χ1) is 5.83. The van der Waals surface area contributed by atoms with Crippen molar-refractivity contribution in [3.8, 4) is 0 Å². The Labute approximate surface area is 78.1 Å². The van der Waals surface area contributed by atoms with Gasteiger partial charge in [0.15, 0.2) is 0 Å². The van der Waals surface area contributed by atoms with E-state index >= 15 is 0 Å². The molecule has 1 aliphatic heterocycles. The summed E-state index contributed by atoms with van der Waals surface area (Å²) >= 11 is 2.05. The van der Waals surface area contributed by atoms with Gasteiger partial charge in [-0.1, -0.05) is 0 Å². The van der Waals surface area contributed by atoms with Crippen LogP contribution in [0.25, 0.3) is 0 Å². The number of hydrogen-bond acceptors (Lipinski definition) is 3. The fourth-order valence-electron chi connectivity index (χ4n) is 1.45. The van der Waals surface area contributed by atoms with Crippen molar-refractivity contribution < 1.29 is 9.53 Å². The van der Waals surface area contributed by atoms with E-state index in [0.29, 0.717) is 6.42 Å². The Morgan fingerprint density at radius 3 is 3.08 bits per heavy atom. The van der Waals surface area contributed by atoms with Crippen LogP contribution in [0.15, 0.2) is 0 Å². The van der Waals surface area contributed by atoms with Crippen LogP contribution < -0.4 is 0 Å². The fraction of sp³-hybridized carbons (Fsp3) is 0.889. The molecule has 3 heteroatoms. The third-order valence-corrected chi connectivity index (χ3v) is 3.63. The van der Waals surface area contributed by atoms with E-state index in [-0.39, 0.29) is 5.97 Å². The van der Waals surface area contributed by atoms with Gasteiger partial charge in [-0.2, -0.15) is 11.8 Å². The second-order valence-electron chi connectivity index (χ2n) is 3.10. The number of thioether (sulfide) groups is 1. The van der Waals surface area contributed by atoms with Gasteiger partial charge >= 0.3 is 5.97 Å². The summed E-state index contributed by atoms with van der Waals surface area (Å²) < 4.78 is 4.57. The molecule has 1 saturated heterocycles. The van der Waals surface area contributed by atoms with Crippen molar-refractivity contribution in [2.45, 2.75) is 37.4 Å². The number of methoxy groups -OCH3 is 1. The van der Waals surface area contributed by atoms with E-state index in [1.807, 2.05) is 11.8 Å². The van der Waals surface area contributed by atoms with E-state index in [2.05, 4.69) is 4.74 Å². The lowest BCUT2D eigenvalue weighted by atomic mass is 10.1. The van der Waals surface area contributed by atoms with E-state index in [9.17, 15) is 4.79 Å². The maximum Gasteiger partial charge on any atom is 0.305 e. The molecular formula is C9H16O2S. The van der Waals surface area contributed by atoms with E-state index in [1.54, 1.807) is 0 Å². The lowest BCUT2D eigenvalue weighted by Gasteiger charge is -2.06. The summed E-state index contributed by atoms with van der Waals surface area (Å²) in [6.45, 7) is 0. The van der Waals surface area contributed by atoms with Gasteiger partial charge in [0.1, 0.15) is 0 Å². The number of carbonyl (C=O) groups is 1. The van der Waals surface area contributed by atoms with Crippen molar-refractivity contribution in [2.75, 3.05) is 12.9 Å². The van der Waals surface area contributed by atoms with Gasteiger partial charge in [0.2, 0.25) is 0 Å². The molecule has 1 fully saturated rings. The van der Waals surface area contributed by atoms with Gasteiger partial charge in [-0.15, -0.1) is 0 Å². The lowest BCUT2D eigenvalue weighted by Crippen LogP contribution is -2.02. The van der Waals surface area contributed by atoms with Crippen LogP contribution in [0.4, 0.5) is 0 Å². The Kier molecular flexibility index (Phi) is 4.51. The van der Waals surface area contributed by atoms with Crippen LogP contribution in [0.1, 0.15) is 32.1 Å². The van der Waals surface area contributed by atoms with Crippen molar-refractivity contribution >= 4 is 17.7 Å². The zero-order valence-corrected chi connectivity index (χ0v) is 8.36. The van der Waals surface area contributed by atoms with Crippen LogP contribution in [0.5, 0.6) is 0 Å². The molecule has 12 heavy (non-hydrogen) atoms. The van der Waals surface area contributed by atoms with Gasteiger partial charge in [0, 0.05) is 11.7 Å². The molecule has 0 aromatic rings. The van der Waals surface area contributed by atoms with E-state index in [0.717, 1.165) is 11.7 Å². The molecule has 0 unspecified atom stereocenters. The Morgan fingerprint density at radius 1 is 1.67 bits per heavy atom. The summed E-state index contributed by atoms with van der Waals surface area (Å²) in [6.07, 6.45) is 5.46. The summed E-state index contributed by atoms with van der Waals surface area (Å²) in [5.41, 5.74) is 0. The maximum absolute atomic E-state index is 10.8. The molecule has 1 atom stereocenters. The third kappa shape index (κ3) is 3.48. The number of hydrogen-bond donors (Lipinski definition) is 0. The van der Waals surface area contributed by atoms with Crippen LogP contribution in [-0.2, 0) is 9.53 Å². The molecule has 0 aromatic carbocycles. The molecule has 0 aliphatic carbocycles. The molecule has 2 nitrogen and oxygen atoms in total. The van der Waals surface area contributed by atoms with Crippen molar-refractivity contribution in [2.24, 2.45) is 0 Å². The van der Waals surface area contributed by atoms with Crippen LogP contribution in [0, 0.1) is 0 Å². The van der Waals surface area contributed by atoms with Crippen molar-refractivity contribution in [3.63, 3.8) is 0 Å². The number of rotatable bonds is 4. The minimum atomic E-state index is -0.0713. The van der Waals surface area contributed by atoms with E-state index in [1.165, 1.54) is 32.1 Å². The Bertz CT molecular complexity index is 141. The number of carbonyl (C=O) groups excluding carboxylic acids is 1. The van der Waals surface area contributed by atoms with Gasteiger partial charge in [0.05, 0.1) is 7.11 Å². The standard InChI is InChI=1S/C9H16O2S/c1-11-9(10)6-2-4-8-5-3-7-12-8/h8H,2-7H2,1H3/t8-/m1/s1. The van der Waals surface area contributed by atoms with Gasteiger partial charge in [-0.25, -0.2) is 0 Å². The van der Waals surface area contributed by atoms with Gasteiger partial charge in [-0.05, 0) is 31.4 Å². The summed E-state index contributed by atoms with van der Waals surface area (Å²) in [6, 6.07) is 0. The highest BCUT2D eigenvalue weighted by Gasteiger charge is 2.15. The average molecular weight is 188 g/mol. The first kappa shape index (κ1) is 9.90. The zero-order valence-electron chi connectivity index (χ0n) is 7.54. The van der Waals surface area contributed by atoms with Crippen LogP contribution >= 0.6 is 11.8 Å².